The molecule has 1 aromatic heterocycles. The van der Waals surface area contributed by atoms with Crippen LogP contribution in [0.3, 0.4) is 0 Å². The maximum atomic E-state index is 11.0. The lowest BCUT2D eigenvalue weighted by Gasteiger charge is -2.27. The van der Waals surface area contributed by atoms with Crippen molar-refractivity contribution in [1.29, 1.82) is 0 Å². The second kappa shape index (κ2) is 3.77. The van der Waals surface area contributed by atoms with E-state index in [9.17, 15) is 4.79 Å². The normalized spacial score (nSPS) is 27.4. The fourth-order valence-corrected chi connectivity index (χ4v) is 2.11. The summed E-state index contributed by atoms with van der Waals surface area (Å²) in [6, 6.07) is -0.0104. The molecular weight excluding hydrogens is 182 g/mol. The molecule has 0 aromatic carbocycles. The Morgan fingerprint density at radius 3 is 2.86 bits per heavy atom. The fourth-order valence-electron chi connectivity index (χ4n) is 2.11. The van der Waals surface area contributed by atoms with Crippen molar-refractivity contribution >= 4 is 5.97 Å². The van der Waals surface area contributed by atoms with Crippen LogP contribution in [0.1, 0.15) is 31.7 Å². The van der Waals surface area contributed by atoms with Gasteiger partial charge in [0.1, 0.15) is 0 Å². The highest BCUT2D eigenvalue weighted by atomic mass is 16.4. The highest BCUT2D eigenvalue weighted by molar-refractivity contribution is 5.70. The van der Waals surface area contributed by atoms with Crippen molar-refractivity contribution in [1.82, 2.24) is 15.0 Å². The van der Waals surface area contributed by atoms with Gasteiger partial charge >= 0.3 is 5.97 Å². The molecule has 0 bridgehead atoms. The maximum Gasteiger partial charge on any atom is 0.308 e. The zero-order chi connectivity index (χ0) is 9.97. The van der Waals surface area contributed by atoms with E-state index < -0.39 is 5.97 Å². The first-order valence-corrected chi connectivity index (χ1v) is 4.87. The van der Waals surface area contributed by atoms with Crippen LogP contribution in [0.2, 0.25) is 0 Å². The van der Waals surface area contributed by atoms with E-state index in [-0.39, 0.29) is 12.0 Å². The molecule has 2 atom stereocenters. The Labute approximate surface area is 81.7 Å². The summed E-state index contributed by atoms with van der Waals surface area (Å²) < 4.78 is 1.68. The first kappa shape index (κ1) is 9.18. The monoisotopic (exact) mass is 195 g/mol. The Kier molecular flexibility index (Phi) is 2.47. The van der Waals surface area contributed by atoms with Gasteiger partial charge in [0.25, 0.3) is 0 Å². The molecule has 2 rings (SSSR count). The molecular formula is C9H13N3O2. The molecule has 1 aromatic rings. The first-order valence-electron chi connectivity index (χ1n) is 4.87. The summed E-state index contributed by atoms with van der Waals surface area (Å²) in [5.41, 5.74) is 0. The van der Waals surface area contributed by atoms with Gasteiger partial charge in [-0.05, 0) is 12.8 Å². The SMILES string of the molecule is O=C(O)C1CCCCC1n1ccnn1. The Bertz CT molecular complexity index is 310. The Hall–Kier alpha value is -1.39. The topological polar surface area (TPSA) is 68.0 Å². The van der Waals surface area contributed by atoms with Gasteiger partial charge in [0.2, 0.25) is 0 Å². The van der Waals surface area contributed by atoms with Crippen LogP contribution in [0.15, 0.2) is 12.4 Å². The van der Waals surface area contributed by atoms with Gasteiger partial charge < -0.3 is 5.11 Å². The van der Waals surface area contributed by atoms with Crippen LogP contribution in [0.25, 0.3) is 0 Å². The van der Waals surface area contributed by atoms with Crippen LogP contribution < -0.4 is 0 Å². The summed E-state index contributed by atoms with van der Waals surface area (Å²) in [4.78, 5) is 11.0. The highest BCUT2D eigenvalue weighted by Crippen LogP contribution is 2.33. The number of carboxylic acids is 1. The number of aromatic nitrogens is 3. The van der Waals surface area contributed by atoms with Crippen LogP contribution in [-0.2, 0) is 4.79 Å². The second-order valence-electron chi connectivity index (χ2n) is 3.68. The van der Waals surface area contributed by atoms with E-state index in [1.165, 1.54) is 0 Å². The summed E-state index contributed by atoms with van der Waals surface area (Å²) in [6.45, 7) is 0. The van der Waals surface area contributed by atoms with Crippen molar-refractivity contribution in [2.45, 2.75) is 31.7 Å². The maximum absolute atomic E-state index is 11.0. The molecule has 1 saturated carbocycles. The standard InChI is InChI=1S/C9H13N3O2/c13-9(14)7-3-1-2-4-8(7)12-6-5-10-11-12/h5-8H,1-4H2,(H,13,14). The van der Waals surface area contributed by atoms with Crippen LogP contribution >= 0.6 is 0 Å². The number of hydrogen-bond donors (Lipinski definition) is 1. The third kappa shape index (κ3) is 1.62. The van der Waals surface area contributed by atoms with E-state index in [1.54, 1.807) is 17.1 Å². The summed E-state index contributed by atoms with van der Waals surface area (Å²) in [7, 11) is 0. The zero-order valence-corrected chi connectivity index (χ0v) is 7.83. The molecule has 0 amide bonds. The predicted octanol–water partition coefficient (Wildman–Crippen LogP) is 1.09. The number of aliphatic carboxylic acids is 1. The van der Waals surface area contributed by atoms with Gasteiger partial charge in [0, 0.05) is 6.20 Å². The molecule has 0 spiro atoms. The molecule has 0 aliphatic heterocycles. The predicted molar refractivity (Wildman–Crippen MR) is 48.7 cm³/mol. The molecule has 5 nitrogen and oxygen atoms in total. The van der Waals surface area contributed by atoms with E-state index in [1.807, 2.05) is 0 Å². The van der Waals surface area contributed by atoms with Gasteiger partial charge in [-0.3, -0.25) is 4.79 Å². The molecule has 0 radical (unpaired) electrons. The largest absolute Gasteiger partial charge is 0.481 e. The number of carbonyl (C=O) groups is 1. The minimum Gasteiger partial charge on any atom is -0.481 e. The Balaban J connectivity index is 2.18. The number of rotatable bonds is 2. The average Bonchev–Trinajstić information content (AvgIpc) is 2.70. The molecule has 1 aliphatic rings. The van der Waals surface area contributed by atoms with Gasteiger partial charge in [0.15, 0.2) is 0 Å². The van der Waals surface area contributed by atoms with Gasteiger partial charge in [0.05, 0.1) is 18.2 Å². The second-order valence-corrected chi connectivity index (χ2v) is 3.68. The minimum atomic E-state index is -0.717. The molecule has 2 unspecified atom stereocenters. The van der Waals surface area contributed by atoms with Crippen molar-refractivity contribution < 1.29 is 9.90 Å². The molecule has 0 saturated heterocycles. The van der Waals surface area contributed by atoms with E-state index in [0.29, 0.717) is 0 Å². The molecule has 1 fully saturated rings. The van der Waals surface area contributed by atoms with E-state index in [0.717, 1.165) is 25.7 Å². The van der Waals surface area contributed by atoms with Crippen LogP contribution in [0.4, 0.5) is 0 Å². The van der Waals surface area contributed by atoms with Gasteiger partial charge in [-0.1, -0.05) is 18.1 Å². The molecule has 1 N–H and O–H groups in total. The van der Waals surface area contributed by atoms with Crippen molar-refractivity contribution in [2.75, 3.05) is 0 Å². The lowest BCUT2D eigenvalue weighted by atomic mass is 9.85. The van der Waals surface area contributed by atoms with E-state index >= 15 is 0 Å². The van der Waals surface area contributed by atoms with E-state index in [2.05, 4.69) is 10.3 Å². The van der Waals surface area contributed by atoms with Crippen molar-refractivity contribution in [3.05, 3.63) is 12.4 Å². The molecule has 1 heterocycles. The molecule has 14 heavy (non-hydrogen) atoms. The van der Waals surface area contributed by atoms with E-state index in [4.69, 9.17) is 5.11 Å². The van der Waals surface area contributed by atoms with Crippen molar-refractivity contribution in [3.63, 3.8) is 0 Å². The lowest BCUT2D eigenvalue weighted by Crippen LogP contribution is -2.29. The van der Waals surface area contributed by atoms with Crippen LogP contribution in [0, 0.1) is 5.92 Å². The van der Waals surface area contributed by atoms with Crippen molar-refractivity contribution in [3.8, 4) is 0 Å². The first-order chi connectivity index (χ1) is 6.79. The highest BCUT2D eigenvalue weighted by Gasteiger charge is 2.32. The number of hydrogen-bond acceptors (Lipinski definition) is 3. The smallest absolute Gasteiger partial charge is 0.308 e. The summed E-state index contributed by atoms with van der Waals surface area (Å²) in [6.07, 6.45) is 7.05. The molecule has 1 aliphatic carbocycles. The van der Waals surface area contributed by atoms with Gasteiger partial charge in [-0.25, -0.2) is 4.68 Å². The molecule has 76 valence electrons. The lowest BCUT2D eigenvalue weighted by molar-refractivity contribution is -0.144. The van der Waals surface area contributed by atoms with Gasteiger partial charge in [-0.2, -0.15) is 0 Å². The fraction of sp³-hybridized carbons (Fsp3) is 0.667. The average molecular weight is 195 g/mol. The minimum absolute atomic E-state index is 0.0104. The summed E-state index contributed by atoms with van der Waals surface area (Å²) in [5, 5.41) is 16.6. The summed E-state index contributed by atoms with van der Waals surface area (Å²) in [5.74, 6) is -1.02. The van der Waals surface area contributed by atoms with Crippen molar-refractivity contribution in [2.24, 2.45) is 5.92 Å². The summed E-state index contributed by atoms with van der Waals surface area (Å²) >= 11 is 0. The quantitative estimate of drug-likeness (QED) is 0.767. The number of nitrogens with zero attached hydrogens (tertiary/aromatic N) is 3. The molecule has 5 heteroatoms. The van der Waals surface area contributed by atoms with Gasteiger partial charge in [-0.15, -0.1) is 5.10 Å². The third-order valence-corrected chi connectivity index (χ3v) is 2.83. The third-order valence-electron chi connectivity index (χ3n) is 2.83. The van der Waals surface area contributed by atoms with Crippen LogP contribution in [-0.4, -0.2) is 26.1 Å². The Morgan fingerprint density at radius 2 is 2.21 bits per heavy atom. The van der Waals surface area contributed by atoms with Crippen LogP contribution in [0.5, 0.6) is 0 Å². The Morgan fingerprint density at radius 1 is 1.43 bits per heavy atom. The number of carboxylic acid groups (broad SMARTS) is 1. The zero-order valence-electron chi connectivity index (χ0n) is 7.83.